The normalized spacial score (nSPS) is 26.9. The number of hydrogen-bond acceptors (Lipinski definition) is 2. The second-order valence-electron chi connectivity index (χ2n) is 3.85. The number of carbonyl (C=O) groups is 1. The molecule has 14 heavy (non-hydrogen) atoms. The number of allylic oxidation sites excluding steroid dienone is 1. The monoisotopic (exact) mass is 197 g/mol. The van der Waals surface area contributed by atoms with Gasteiger partial charge in [-0.05, 0) is 19.3 Å². The molecule has 0 radical (unpaired) electrons. The molecule has 2 atom stereocenters. The molecule has 1 fully saturated rings. The van der Waals surface area contributed by atoms with Gasteiger partial charge in [-0.15, -0.1) is 6.58 Å². The molecular formula is C11H19NO2. The van der Waals surface area contributed by atoms with Crippen LogP contribution in [0.1, 0.15) is 38.5 Å². The van der Waals surface area contributed by atoms with Crippen molar-refractivity contribution in [2.45, 2.75) is 50.7 Å². The van der Waals surface area contributed by atoms with Crippen LogP contribution in [0.4, 0.5) is 0 Å². The van der Waals surface area contributed by atoms with E-state index in [4.69, 9.17) is 0 Å². The van der Waals surface area contributed by atoms with E-state index in [1.807, 2.05) is 0 Å². The van der Waals surface area contributed by atoms with Crippen molar-refractivity contribution in [3.05, 3.63) is 12.7 Å². The molecule has 3 nitrogen and oxygen atoms in total. The Morgan fingerprint density at radius 2 is 2.21 bits per heavy atom. The van der Waals surface area contributed by atoms with Crippen molar-refractivity contribution in [3.63, 3.8) is 0 Å². The van der Waals surface area contributed by atoms with Crippen LogP contribution in [0.25, 0.3) is 0 Å². The molecule has 0 heterocycles. The zero-order chi connectivity index (χ0) is 10.4. The minimum Gasteiger partial charge on any atom is -0.391 e. The van der Waals surface area contributed by atoms with Crippen molar-refractivity contribution in [1.82, 2.24) is 5.32 Å². The van der Waals surface area contributed by atoms with E-state index < -0.39 is 0 Å². The Hall–Kier alpha value is -0.830. The summed E-state index contributed by atoms with van der Waals surface area (Å²) in [6.45, 7) is 3.57. The van der Waals surface area contributed by atoms with Gasteiger partial charge in [0.15, 0.2) is 0 Å². The molecule has 0 saturated heterocycles. The Bertz CT molecular complexity index is 203. The molecule has 1 rings (SSSR count). The molecule has 1 saturated carbocycles. The quantitative estimate of drug-likeness (QED) is 0.669. The summed E-state index contributed by atoms with van der Waals surface area (Å²) in [5.74, 6) is 0.0239. The number of carbonyl (C=O) groups excluding carboxylic acids is 1. The van der Waals surface area contributed by atoms with Crippen molar-refractivity contribution in [2.75, 3.05) is 0 Å². The van der Waals surface area contributed by atoms with Crippen LogP contribution in [0.15, 0.2) is 12.7 Å². The zero-order valence-electron chi connectivity index (χ0n) is 8.54. The van der Waals surface area contributed by atoms with Crippen LogP contribution in [0.5, 0.6) is 0 Å². The molecule has 1 aliphatic rings. The number of aliphatic hydroxyl groups is 1. The maximum absolute atomic E-state index is 11.3. The lowest BCUT2D eigenvalue weighted by Crippen LogP contribution is -2.44. The molecule has 0 spiro atoms. The molecule has 0 aromatic carbocycles. The second-order valence-corrected chi connectivity index (χ2v) is 3.85. The highest BCUT2D eigenvalue weighted by atomic mass is 16.3. The summed E-state index contributed by atoms with van der Waals surface area (Å²) in [5, 5.41) is 12.5. The fraction of sp³-hybridized carbons (Fsp3) is 0.727. The van der Waals surface area contributed by atoms with E-state index in [-0.39, 0.29) is 18.1 Å². The molecule has 1 amide bonds. The molecule has 80 valence electrons. The zero-order valence-corrected chi connectivity index (χ0v) is 8.54. The summed E-state index contributed by atoms with van der Waals surface area (Å²) in [6, 6.07) is -0.0268. The molecule has 0 aromatic rings. The molecule has 0 aliphatic heterocycles. The van der Waals surface area contributed by atoms with E-state index >= 15 is 0 Å². The van der Waals surface area contributed by atoms with Crippen LogP contribution in [-0.2, 0) is 4.79 Å². The Balaban J connectivity index is 2.27. The first kappa shape index (κ1) is 11.2. The van der Waals surface area contributed by atoms with Gasteiger partial charge in [0.05, 0.1) is 12.1 Å². The van der Waals surface area contributed by atoms with Crippen molar-refractivity contribution in [1.29, 1.82) is 0 Å². The number of amides is 1. The van der Waals surface area contributed by atoms with Gasteiger partial charge >= 0.3 is 0 Å². The van der Waals surface area contributed by atoms with Crippen LogP contribution in [-0.4, -0.2) is 23.2 Å². The predicted octanol–water partition coefficient (Wildman–Crippen LogP) is 1.37. The first-order valence-electron chi connectivity index (χ1n) is 5.32. The van der Waals surface area contributed by atoms with Gasteiger partial charge in [-0.3, -0.25) is 4.79 Å². The van der Waals surface area contributed by atoms with Gasteiger partial charge in [0.1, 0.15) is 0 Å². The number of rotatable bonds is 4. The Morgan fingerprint density at radius 1 is 1.50 bits per heavy atom. The molecule has 2 N–H and O–H groups in total. The second kappa shape index (κ2) is 5.81. The Labute approximate surface area is 85.2 Å². The third-order valence-corrected chi connectivity index (χ3v) is 2.65. The summed E-state index contributed by atoms with van der Waals surface area (Å²) in [4.78, 5) is 11.3. The van der Waals surface area contributed by atoms with Gasteiger partial charge in [0.25, 0.3) is 0 Å². The first-order chi connectivity index (χ1) is 6.74. The molecule has 0 bridgehead atoms. The number of aliphatic hydroxyl groups excluding tert-OH is 1. The minimum absolute atomic E-state index is 0.0239. The summed E-state index contributed by atoms with van der Waals surface area (Å²) >= 11 is 0. The minimum atomic E-state index is -0.351. The largest absolute Gasteiger partial charge is 0.391 e. The third-order valence-electron chi connectivity index (χ3n) is 2.65. The third kappa shape index (κ3) is 3.50. The van der Waals surface area contributed by atoms with Gasteiger partial charge < -0.3 is 10.4 Å². The van der Waals surface area contributed by atoms with Crippen LogP contribution in [0.2, 0.25) is 0 Å². The predicted molar refractivity (Wildman–Crippen MR) is 55.8 cm³/mol. The van der Waals surface area contributed by atoms with Crippen LogP contribution < -0.4 is 5.32 Å². The highest BCUT2D eigenvalue weighted by molar-refractivity contribution is 5.76. The smallest absolute Gasteiger partial charge is 0.220 e. The average Bonchev–Trinajstić information content (AvgIpc) is 2.18. The summed E-state index contributed by atoms with van der Waals surface area (Å²) in [7, 11) is 0. The fourth-order valence-corrected chi connectivity index (χ4v) is 1.79. The van der Waals surface area contributed by atoms with Crippen molar-refractivity contribution in [3.8, 4) is 0 Å². The topological polar surface area (TPSA) is 49.3 Å². The lowest BCUT2D eigenvalue weighted by molar-refractivity contribution is -0.122. The van der Waals surface area contributed by atoms with Crippen LogP contribution in [0, 0.1) is 0 Å². The van der Waals surface area contributed by atoms with Gasteiger partial charge in [-0.25, -0.2) is 0 Å². The van der Waals surface area contributed by atoms with Gasteiger partial charge in [0, 0.05) is 6.42 Å². The van der Waals surface area contributed by atoms with E-state index in [0.717, 1.165) is 25.7 Å². The lowest BCUT2D eigenvalue weighted by Gasteiger charge is -2.28. The van der Waals surface area contributed by atoms with E-state index in [2.05, 4.69) is 11.9 Å². The summed E-state index contributed by atoms with van der Waals surface area (Å²) in [5.41, 5.74) is 0. The molecule has 0 unspecified atom stereocenters. The van der Waals surface area contributed by atoms with Crippen LogP contribution >= 0.6 is 0 Å². The van der Waals surface area contributed by atoms with E-state index in [0.29, 0.717) is 12.8 Å². The van der Waals surface area contributed by atoms with Crippen molar-refractivity contribution < 1.29 is 9.90 Å². The van der Waals surface area contributed by atoms with Gasteiger partial charge in [0.2, 0.25) is 5.91 Å². The maximum Gasteiger partial charge on any atom is 0.220 e. The van der Waals surface area contributed by atoms with E-state index in [1.165, 1.54) is 0 Å². The maximum atomic E-state index is 11.3. The summed E-state index contributed by atoms with van der Waals surface area (Å²) < 4.78 is 0. The van der Waals surface area contributed by atoms with E-state index in [1.54, 1.807) is 6.08 Å². The lowest BCUT2D eigenvalue weighted by atomic mass is 9.92. The molecule has 0 aromatic heterocycles. The molecule has 1 aliphatic carbocycles. The highest BCUT2D eigenvalue weighted by Gasteiger charge is 2.23. The van der Waals surface area contributed by atoms with Gasteiger partial charge in [-0.1, -0.05) is 18.9 Å². The fourth-order valence-electron chi connectivity index (χ4n) is 1.79. The van der Waals surface area contributed by atoms with Crippen molar-refractivity contribution in [2.24, 2.45) is 0 Å². The first-order valence-corrected chi connectivity index (χ1v) is 5.32. The Kier molecular flexibility index (Phi) is 4.66. The molecule has 3 heteroatoms. The SMILES string of the molecule is C=CCCC(=O)N[C@@H]1CCCC[C@H]1O. The highest BCUT2D eigenvalue weighted by Crippen LogP contribution is 2.18. The van der Waals surface area contributed by atoms with Crippen molar-refractivity contribution >= 4 is 5.91 Å². The van der Waals surface area contributed by atoms with Crippen LogP contribution in [0.3, 0.4) is 0 Å². The number of hydrogen-bond donors (Lipinski definition) is 2. The summed E-state index contributed by atoms with van der Waals surface area (Å²) in [6.07, 6.45) is 6.45. The average molecular weight is 197 g/mol. The number of nitrogens with one attached hydrogen (secondary N) is 1. The standard InChI is InChI=1S/C11H19NO2/c1-2-3-8-11(14)12-9-6-4-5-7-10(9)13/h2,9-10,13H,1,3-8H2,(H,12,14)/t9-,10-/m1/s1. The van der Waals surface area contributed by atoms with Gasteiger partial charge in [-0.2, -0.15) is 0 Å². The Morgan fingerprint density at radius 3 is 2.86 bits per heavy atom. The van der Waals surface area contributed by atoms with E-state index in [9.17, 15) is 9.90 Å². The molecular weight excluding hydrogens is 178 g/mol.